The molecule has 1 heterocycles. The molecule has 1 aromatic carbocycles. The lowest BCUT2D eigenvalue weighted by Gasteiger charge is -2.15. The number of nitrogens with zero attached hydrogens (tertiary/aromatic N) is 2. The first-order chi connectivity index (χ1) is 12.0. The smallest absolute Gasteiger partial charge is 0.191 e. The number of rotatable bonds is 7. The van der Waals surface area contributed by atoms with E-state index in [-0.39, 0.29) is 0 Å². The standard InChI is InChI=1S/C19H28N4OS/c1-5-20-19(22-11-18-23-16(12-25-18)13(2)3)21-10-17(24)15-8-6-14(4)7-9-15/h6-9,12-13,17,24H,5,10-11H2,1-4H3,(H2,20,21,22). The van der Waals surface area contributed by atoms with E-state index >= 15 is 0 Å². The zero-order chi connectivity index (χ0) is 18.2. The van der Waals surface area contributed by atoms with Crippen molar-refractivity contribution in [3.05, 3.63) is 51.5 Å². The number of benzene rings is 1. The maximum atomic E-state index is 10.3. The van der Waals surface area contributed by atoms with Crippen LogP contribution in [-0.2, 0) is 6.54 Å². The van der Waals surface area contributed by atoms with E-state index in [1.807, 2.05) is 38.1 Å². The second-order valence-corrected chi connectivity index (χ2v) is 7.27. The highest BCUT2D eigenvalue weighted by atomic mass is 32.1. The van der Waals surface area contributed by atoms with Gasteiger partial charge in [-0.05, 0) is 25.3 Å². The van der Waals surface area contributed by atoms with Gasteiger partial charge in [0.1, 0.15) is 5.01 Å². The number of hydrogen-bond acceptors (Lipinski definition) is 4. The molecule has 1 aromatic heterocycles. The molecule has 0 aliphatic heterocycles. The molecular formula is C19H28N4OS. The number of aliphatic hydroxyl groups is 1. The van der Waals surface area contributed by atoms with Gasteiger partial charge in [0.25, 0.3) is 0 Å². The van der Waals surface area contributed by atoms with E-state index in [9.17, 15) is 5.11 Å². The predicted molar refractivity (Wildman–Crippen MR) is 105 cm³/mol. The van der Waals surface area contributed by atoms with Crippen LogP contribution < -0.4 is 10.6 Å². The normalized spacial score (nSPS) is 13.1. The summed E-state index contributed by atoms with van der Waals surface area (Å²) in [5.74, 6) is 1.12. The van der Waals surface area contributed by atoms with Gasteiger partial charge >= 0.3 is 0 Å². The fourth-order valence-corrected chi connectivity index (χ4v) is 3.13. The number of guanidine groups is 1. The molecule has 1 unspecified atom stereocenters. The summed E-state index contributed by atoms with van der Waals surface area (Å²) in [5, 5.41) is 19.8. The van der Waals surface area contributed by atoms with Crippen LogP contribution in [0.2, 0.25) is 0 Å². The highest BCUT2D eigenvalue weighted by molar-refractivity contribution is 7.09. The number of aliphatic hydroxyl groups excluding tert-OH is 1. The maximum Gasteiger partial charge on any atom is 0.191 e. The molecule has 0 saturated heterocycles. The number of thiazole rings is 1. The van der Waals surface area contributed by atoms with Gasteiger partial charge in [-0.3, -0.25) is 0 Å². The third kappa shape index (κ3) is 6.14. The molecule has 0 bridgehead atoms. The van der Waals surface area contributed by atoms with Crippen LogP contribution >= 0.6 is 11.3 Å². The second-order valence-electron chi connectivity index (χ2n) is 6.32. The molecule has 3 N–H and O–H groups in total. The fraction of sp³-hybridized carbons (Fsp3) is 0.474. The van der Waals surface area contributed by atoms with Gasteiger partial charge < -0.3 is 15.7 Å². The Kier molecular flexibility index (Phi) is 7.40. The number of aliphatic imine (C=N–C) groups is 1. The van der Waals surface area contributed by atoms with Gasteiger partial charge in [0.15, 0.2) is 5.96 Å². The zero-order valence-electron chi connectivity index (χ0n) is 15.4. The minimum absolute atomic E-state index is 0.407. The van der Waals surface area contributed by atoms with Crippen LogP contribution in [0.25, 0.3) is 0 Å². The molecule has 25 heavy (non-hydrogen) atoms. The van der Waals surface area contributed by atoms with Crippen molar-refractivity contribution in [2.75, 3.05) is 13.1 Å². The molecule has 0 saturated carbocycles. The molecule has 0 aliphatic carbocycles. The summed E-state index contributed by atoms with van der Waals surface area (Å²) in [6, 6.07) is 7.92. The molecule has 2 rings (SSSR count). The van der Waals surface area contributed by atoms with Crippen molar-refractivity contribution in [3.8, 4) is 0 Å². The minimum Gasteiger partial charge on any atom is -0.387 e. The molecule has 6 heteroatoms. The summed E-state index contributed by atoms with van der Waals surface area (Å²) in [6.07, 6.45) is -0.572. The van der Waals surface area contributed by atoms with E-state index in [0.29, 0.717) is 25.0 Å². The zero-order valence-corrected chi connectivity index (χ0v) is 16.2. The molecule has 1 atom stereocenters. The first-order valence-corrected chi connectivity index (χ1v) is 9.58. The van der Waals surface area contributed by atoms with Crippen molar-refractivity contribution in [2.45, 2.75) is 46.3 Å². The Morgan fingerprint density at radius 2 is 1.96 bits per heavy atom. The van der Waals surface area contributed by atoms with Gasteiger partial charge in [-0.2, -0.15) is 0 Å². The van der Waals surface area contributed by atoms with Gasteiger partial charge in [-0.25, -0.2) is 9.98 Å². The van der Waals surface area contributed by atoms with Crippen molar-refractivity contribution in [1.29, 1.82) is 0 Å². The Bertz CT molecular complexity index is 679. The second kappa shape index (κ2) is 9.53. The van der Waals surface area contributed by atoms with Crippen molar-refractivity contribution < 1.29 is 5.11 Å². The largest absolute Gasteiger partial charge is 0.387 e. The Morgan fingerprint density at radius 1 is 1.24 bits per heavy atom. The first kappa shape index (κ1) is 19.4. The van der Waals surface area contributed by atoms with Crippen molar-refractivity contribution in [2.24, 2.45) is 4.99 Å². The van der Waals surface area contributed by atoms with E-state index in [2.05, 4.69) is 39.8 Å². The van der Waals surface area contributed by atoms with Crippen LogP contribution in [0, 0.1) is 6.92 Å². The average molecular weight is 361 g/mol. The topological polar surface area (TPSA) is 69.5 Å². The van der Waals surface area contributed by atoms with Gasteiger partial charge in [0.05, 0.1) is 18.3 Å². The fourth-order valence-electron chi connectivity index (χ4n) is 2.25. The first-order valence-electron chi connectivity index (χ1n) is 8.70. The SMILES string of the molecule is CCNC(=NCc1nc(C(C)C)cs1)NCC(O)c1ccc(C)cc1. The molecule has 0 amide bonds. The Hall–Kier alpha value is -1.92. The lowest BCUT2D eigenvalue weighted by Crippen LogP contribution is -2.39. The molecular weight excluding hydrogens is 332 g/mol. The maximum absolute atomic E-state index is 10.3. The van der Waals surface area contributed by atoms with Gasteiger partial charge in [0.2, 0.25) is 0 Å². The molecule has 136 valence electrons. The number of aryl methyl sites for hydroxylation is 1. The van der Waals surface area contributed by atoms with Crippen molar-refractivity contribution in [3.63, 3.8) is 0 Å². The molecule has 5 nitrogen and oxygen atoms in total. The van der Waals surface area contributed by atoms with Crippen LogP contribution in [0.5, 0.6) is 0 Å². The van der Waals surface area contributed by atoms with Crippen LogP contribution in [0.4, 0.5) is 0 Å². The van der Waals surface area contributed by atoms with Gasteiger partial charge in [0, 0.05) is 18.5 Å². The quantitative estimate of drug-likeness (QED) is 0.523. The summed E-state index contributed by atoms with van der Waals surface area (Å²) in [6.45, 7) is 10.0. The van der Waals surface area contributed by atoms with Crippen molar-refractivity contribution >= 4 is 17.3 Å². The lowest BCUT2D eigenvalue weighted by molar-refractivity contribution is 0.181. The van der Waals surface area contributed by atoms with E-state index in [1.165, 1.54) is 5.56 Å². The summed E-state index contributed by atoms with van der Waals surface area (Å²) >= 11 is 1.64. The van der Waals surface area contributed by atoms with E-state index in [4.69, 9.17) is 0 Å². The van der Waals surface area contributed by atoms with Crippen LogP contribution in [-0.4, -0.2) is 29.1 Å². The lowest BCUT2D eigenvalue weighted by atomic mass is 10.1. The van der Waals surface area contributed by atoms with Crippen LogP contribution in [0.15, 0.2) is 34.6 Å². The molecule has 0 radical (unpaired) electrons. The third-order valence-corrected chi connectivity index (χ3v) is 4.65. The molecule has 2 aromatic rings. The van der Waals surface area contributed by atoms with E-state index in [0.717, 1.165) is 22.8 Å². The summed E-state index contributed by atoms with van der Waals surface area (Å²) < 4.78 is 0. The van der Waals surface area contributed by atoms with Crippen LogP contribution in [0.1, 0.15) is 54.6 Å². The number of hydrogen-bond donors (Lipinski definition) is 3. The highest BCUT2D eigenvalue weighted by Crippen LogP contribution is 2.18. The van der Waals surface area contributed by atoms with E-state index < -0.39 is 6.10 Å². The molecule has 0 aliphatic rings. The molecule has 0 spiro atoms. The van der Waals surface area contributed by atoms with Crippen LogP contribution in [0.3, 0.4) is 0 Å². The predicted octanol–water partition coefficient (Wildman–Crippen LogP) is 3.36. The number of aromatic nitrogens is 1. The van der Waals surface area contributed by atoms with Gasteiger partial charge in [-0.15, -0.1) is 11.3 Å². The van der Waals surface area contributed by atoms with E-state index in [1.54, 1.807) is 11.3 Å². The monoisotopic (exact) mass is 360 g/mol. The van der Waals surface area contributed by atoms with Gasteiger partial charge in [-0.1, -0.05) is 43.7 Å². The number of nitrogens with one attached hydrogen (secondary N) is 2. The molecule has 0 fully saturated rings. The Balaban J connectivity index is 1.93. The van der Waals surface area contributed by atoms with Crippen molar-refractivity contribution in [1.82, 2.24) is 15.6 Å². The summed E-state index contributed by atoms with van der Waals surface area (Å²) in [5.41, 5.74) is 3.20. The average Bonchev–Trinajstić information content (AvgIpc) is 3.07. The Labute approximate surface area is 154 Å². The summed E-state index contributed by atoms with van der Waals surface area (Å²) in [4.78, 5) is 9.17. The Morgan fingerprint density at radius 3 is 2.56 bits per heavy atom. The third-order valence-electron chi connectivity index (χ3n) is 3.80. The minimum atomic E-state index is -0.572. The highest BCUT2D eigenvalue weighted by Gasteiger charge is 2.09. The summed E-state index contributed by atoms with van der Waals surface area (Å²) in [7, 11) is 0.